The lowest BCUT2D eigenvalue weighted by Gasteiger charge is -2.32. The number of nitrogens with one attached hydrogen (secondary N) is 6. The van der Waals surface area contributed by atoms with E-state index in [0.717, 1.165) is 32.7 Å². The van der Waals surface area contributed by atoms with Crippen LogP contribution in [0, 0.1) is 0 Å². The van der Waals surface area contributed by atoms with Gasteiger partial charge in [0, 0.05) is 98.4 Å². The Labute approximate surface area is 417 Å². The fourth-order valence-corrected chi connectivity index (χ4v) is 7.07. The highest BCUT2D eigenvalue weighted by atomic mass is 32.2. The molecule has 1 fully saturated rings. The highest BCUT2D eigenvalue weighted by Crippen LogP contribution is 2.05. The van der Waals surface area contributed by atoms with Gasteiger partial charge in [-0.05, 0) is 50.5 Å². The summed E-state index contributed by atoms with van der Waals surface area (Å²) in [5.41, 5.74) is 0. The first-order chi connectivity index (χ1) is 33.5. The maximum absolute atomic E-state index is 13.1. The van der Waals surface area contributed by atoms with Gasteiger partial charge < -0.3 is 57.1 Å². The number of aliphatic hydroxyl groups excluding tert-OH is 1. The van der Waals surface area contributed by atoms with E-state index in [1.807, 2.05) is 23.0 Å². The van der Waals surface area contributed by atoms with Crippen LogP contribution in [0.25, 0.3) is 0 Å². The Morgan fingerprint density at radius 1 is 0.571 bits per heavy atom. The fourth-order valence-electron chi connectivity index (χ4n) is 6.60. The molecule has 0 saturated carbocycles. The van der Waals surface area contributed by atoms with Crippen LogP contribution in [0.5, 0.6) is 0 Å². The predicted molar refractivity (Wildman–Crippen MR) is 265 cm³/mol. The first kappa shape index (κ1) is 67.1. The third-order valence-electron chi connectivity index (χ3n) is 10.4. The van der Waals surface area contributed by atoms with Gasteiger partial charge in [0.2, 0.25) is 23.6 Å². The molecule has 1 aliphatic heterocycles. The van der Waals surface area contributed by atoms with E-state index in [-0.39, 0.29) is 83.4 Å². The van der Waals surface area contributed by atoms with E-state index < -0.39 is 60.2 Å². The zero-order valence-corrected chi connectivity index (χ0v) is 42.9. The second-order valence-corrected chi connectivity index (χ2v) is 17.3. The Hall–Kier alpha value is -4.95. The molecule has 1 heterocycles. The highest BCUT2D eigenvalue weighted by molar-refractivity contribution is 7.98. The van der Waals surface area contributed by atoms with Gasteiger partial charge in [-0.15, -0.1) is 0 Å². The highest BCUT2D eigenvalue weighted by Gasteiger charge is 2.24. The summed E-state index contributed by atoms with van der Waals surface area (Å²) >= 11 is 1.43. The molecular weight excluding hydrogens is 937 g/mol. The van der Waals surface area contributed by atoms with Gasteiger partial charge >= 0.3 is 23.9 Å². The lowest BCUT2D eigenvalue weighted by atomic mass is 10.1. The number of carbonyl (C=O) groups is 10. The lowest BCUT2D eigenvalue weighted by Crippen LogP contribution is -2.51. The maximum atomic E-state index is 13.1. The normalized spacial score (nSPS) is 14.7. The number of nitrogens with zero attached hydrogens (tertiary/aromatic N) is 4. The average molecular weight is 1020 g/mol. The van der Waals surface area contributed by atoms with Crippen molar-refractivity contribution < 1.29 is 68.4 Å². The smallest absolute Gasteiger partial charge is 0.326 e. The molecule has 0 radical (unpaired) electrons. The Morgan fingerprint density at radius 2 is 1.07 bits per heavy atom. The number of hydrogen-bond donors (Lipinski definition) is 10. The van der Waals surface area contributed by atoms with Crippen LogP contribution in [0.15, 0.2) is 0 Å². The molecule has 70 heavy (non-hydrogen) atoms. The largest absolute Gasteiger partial charge is 0.480 e. The van der Waals surface area contributed by atoms with Gasteiger partial charge in [0.05, 0.1) is 32.7 Å². The van der Waals surface area contributed by atoms with E-state index in [4.69, 9.17) is 5.11 Å². The second-order valence-electron chi connectivity index (χ2n) is 16.3. The molecule has 25 heteroatoms. The number of ketones is 1. The van der Waals surface area contributed by atoms with Gasteiger partial charge in [-0.25, -0.2) is 9.59 Å². The zero-order chi connectivity index (χ0) is 53.1. The minimum atomic E-state index is -1.26. The Morgan fingerprint density at radius 3 is 1.56 bits per heavy atom. The summed E-state index contributed by atoms with van der Waals surface area (Å²) in [6.07, 6.45) is 8.20. The van der Waals surface area contributed by atoms with Gasteiger partial charge in [0.15, 0.2) is 0 Å². The number of aliphatic carboxylic acids is 3. The molecule has 1 saturated heterocycles. The van der Waals surface area contributed by atoms with Gasteiger partial charge in [-0.1, -0.05) is 33.6 Å². The summed E-state index contributed by atoms with van der Waals surface area (Å²) in [7, 11) is 1.00. The van der Waals surface area contributed by atoms with E-state index in [9.17, 15) is 63.3 Å². The molecule has 0 aliphatic carbocycles. The monoisotopic (exact) mass is 1020 g/mol. The van der Waals surface area contributed by atoms with Crippen LogP contribution in [0.1, 0.15) is 91.4 Å². The zero-order valence-electron chi connectivity index (χ0n) is 42.1. The van der Waals surface area contributed by atoms with E-state index in [1.54, 1.807) is 9.80 Å². The lowest BCUT2D eigenvalue weighted by molar-refractivity contribution is -0.142. The molecular formula is C45H84N10O14S. The minimum absolute atomic E-state index is 0.0659. The number of carboxylic acid groups (broad SMARTS) is 3. The minimum Gasteiger partial charge on any atom is -0.480 e. The van der Waals surface area contributed by atoms with Crippen molar-refractivity contribution in [3.63, 3.8) is 0 Å². The van der Waals surface area contributed by atoms with Crippen LogP contribution < -0.4 is 31.9 Å². The number of aldehydes is 1. The van der Waals surface area contributed by atoms with E-state index in [2.05, 4.69) is 45.7 Å². The van der Waals surface area contributed by atoms with Crippen LogP contribution >= 0.6 is 11.8 Å². The van der Waals surface area contributed by atoms with Crippen molar-refractivity contribution in [3.8, 4) is 0 Å². The number of carboxylic acids is 3. The summed E-state index contributed by atoms with van der Waals surface area (Å²) in [4.78, 5) is 128. The van der Waals surface area contributed by atoms with Crippen molar-refractivity contribution in [2.45, 2.75) is 103 Å². The van der Waals surface area contributed by atoms with Crippen molar-refractivity contribution in [2.24, 2.45) is 0 Å². The topological polar surface area (TPSA) is 337 Å². The Kier molecular flexibility index (Phi) is 42.2. The van der Waals surface area contributed by atoms with Gasteiger partial charge in [0.1, 0.15) is 24.2 Å². The quantitative estimate of drug-likeness (QED) is 0.0287. The maximum Gasteiger partial charge on any atom is 0.326 e. The number of aliphatic hydroxyl groups is 1. The SMILES string of the molecule is CCC.CCC(=O)CCCCCNC(=O)NCCCCC(NC(=O)CNC(=O)C(CCSC)NC(=O)CCNC(=O)CN1CCN(CC=O)CCN(CC(=O)O)CCN(CC(=O)O)CC1)C(=O)O.CO. The molecule has 10 N–H and O–H groups in total. The summed E-state index contributed by atoms with van der Waals surface area (Å²) in [6.45, 7) is 8.29. The molecule has 24 nitrogen and oxygen atoms in total. The molecule has 6 amide bonds. The number of Topliss-reactive ketones (excluding diaryl/α,β-unsaturated/α-hetero) is 1. The molecule has 2 atom stereocenters. The van der Waals surface area contributed by atoms with Crippen molar-refractivity contribution in [3.05, 3.63) is 0 Å². The molecule has 0 bridgehead atoms. The molecule has 2 unspecified atom stereocenters. The number of amides is 6. The van der Waals surface area contributed by atoms with Crippen LogP contribution in [0.3, 0.4) is 0 Å². The van der Waals surface area contributed by atoms with Crippen molar-refractivity contribution >= 4 is 71.4 Å². The summed E-state index contributed by atoms with van der Waals surface area (Å²) in [6, 6.07) is -2.60. The number of rotatable bonds is 32. The molecule has 1 rings (SSSR count). The van der Waals surface area contributed by atoms with Gasteiger partial charge in [0.25, 0.3) is 0 Å². The fraction of sp³-hybridized carbons (Fsp3) is 0.778. The summed E-state index contributed by atoms with van der Waals surface area (Å²) < 4.78 is 0. The van der Waals surface area contributed by atoms with Gasteiger partial charge in [-0.3, -0.25) is 53.2 Å². The molecule has 0 spiro atoms. The summed E-state index contributed by atoms with van der Waals surface area (Å²) in [5.74, 6) is -4.97. The van der Waals surface area contributed by atoms with E-state index in [0.29, 0.717) is 77.2 Å². The molecule has 0 aromatic rings. The van der Waals surface area contributed by atoms with E-state index in [1.165, 1.54) is 18.2 Å². The second kappa shape index (κ2) is 44.0. The van der Waals surface area contributed by atoms with E-state index >= 15 is 0 Å². The first-order valence-electron chi connectivity index (χ1n) is 24.1. The average Bonchev–Trinajstić information content (AvgIpc) is 3.31. The van der Waals surface area contributed by atoms with Crippen LogP contribution in [0.2, 0.25) is 0 Å². The molecule has 0 aromatic heterocycles. The van der Waals surface area contributed by atoms with Crippen LogP contribution in [-0.2, 0) is 43.2 Å². The number of carbonyl (C=O) groups excluding carboxylic acids is 7. The third-order valence-corrected chi connectivity index (χ3v) is 11.0. The standard InChI is InChI=1S/C41H72N10O13S.C3H8.CH4O/c1-3-31(53)9-5-4-7-13-43-41(64)44-14-8-6-10-33(40(62)63)47-35(55)27-45-39(61)32(12-26-65-2)46-34(54)11-15-42-36(56)28-49-18-16-48(24-25-52)17-19-50(29-37(57)58)22-23-51(21-20-49)30-38(59)60;1-3-2;1-2/h25,32-33H,3-24,26-30H2,1-2H3,(H,42,56)(H,45,61)(H,46,54)(H,47,55)(H,57,58)(H,59,60)(H,62,63)(H2,43,44,64);3H2,1-2H3;2H,1H3. The Bertz CT molecular complexity index is 1550. The summed E-state index contributed by atoms with van der Waals surface area (Å²) in [5, 5.41) is 51.0. The first-order valence-corrected chi connectivity index (χ1v) is 25.5. The van der Waals surface area contributed by atoms with Gasteiger partial charge in [-0.2, -0.15) is 11.8 Å². The number of unbranched alkanes of at least 4 members (excludes halogenated alkanes) is 3. The molecule has 0 aromatic carbocycles. The predicted octanol–water partition coefficient (Wildman–Crippen LogP) is -0.960. The molecule has 404 valence electrons. The number of hydrogen-bond acceptors (Lipinski definition) is 16. The van der Waals surface area contributed by atoms with Crippen LogP contribution in [-0.4, -0.2) is 236 Å². The number of urea groups is 1. The third kappa shape index (κ3) is 37.9. The molecule has 1 aliphatic rings. The van der Waals surface area contributed by atoms with Crippen molar-refractivity contribution in [1.82, 2.24) is 51.5 Å². The Balaban J connectivity index is 0. The van der Waals surface area contributed by atoms with Crippen LogP contribution in [0.4, 0.5) is 4.79 Å². The number of thioether (sulfide) groups is 1. The van der Waals surface area contributed by atoms with Crippen molar-refractivity contribution in [1.29, 1.82) is 0 Å². The van der Waals surface area contributed by atoms with Crippen molar-refractivity contribution in [2.75, 3.05) is 124 Å².